The minimum absolute atomic E-state index is 0.108. The second-order valence-electron chi connectivity index (χ2n) is 4.66. The van der Waals surface area contributed by atoms with Gasteiger partial charge in [-0.15, -0.1) is 0 Å². The SMILES string of the molecule is CCNC1COCC1c1nc(-c2cncc(Br)c2)no1. The molecule has 7 heteroatoms. The van der Waals surface area contributed by atoms with Gasteiger partial charge in [-0.3, -0.25) is 4.98 Å². The molecule has 106 valence electrons. The van der Waals surface area contributed by atoms with Crippen molar-refractivity contribution >= 4 is 15.9 Å². The van der Waals surface area contributed by atoms with Crippen LogP contribution in [-0.2, 0) is 4.74 Å². The highest BCUT2D eigenvalue weighted by Gasteiger charge is 2.33. The first-order chi connectivity index (χ1) is 9.78. The lowest BCUT2D eigenvalue weighted by atomic mass is 10.0. The highest BCUT2D eigenvalue weighted by atomic mass is 79.9. The molecule has 0 spiro atoms. The minimum Gasteiger partial charge on any atom is -0.379 e. The summed E-state index contributed by atoms with van der Waals surface area (Å²) >= 11 is 3.38. The van der Waals surface area contributed by atoms with Crippen molar-refractivity contribution in [1.82, 2.24) is 20.4 Å². The van der Waals surface area contributed by atoms with E-state index in [9.17, 15) is 0 Å². The van der Waals surface area contributed by atoms with Gasteiger partial charge in [-0.1, -0.05) is 12.1 Å². The summed E-state index contributed by atoms with van der Waals surface area (Å²) in [5.74, 6) is 1.27. The normalized spacial score (nSPS) is 22.3. The lowest BCUT2D eigenvalue weighted by Gasteiger charge is -2.13. The average molecular weight is 339 g/mol. The molecule has 1 aliphatic rings. The fourth-order valence-corrected chi connectivity index (χ4v) is 2.66. The Hall–Kier alpha value is -1.31. The summed E-state index contributed by atoms with van der Waals surface area (Å²) in [5, 5.41) is 7.41. The molecule has 1 N–H and O–H groups in total. The maximum absolute atomic E-state index is 5.50. The van der Waals surface area contributed by atoms with Crippen LogP contribution in [0.5, 0.6) is 0 Å². The molecule has 0 amide bonds. The van der Waals surface area contributed by atoms with E-state index in [1.54, 1.807) is 12.4 Å². The summed E-state index contributed by atoms with van der Waals surface area (Å²) in [7, 11) is 0. The second-order valence-corrected chi connectivity index (χ2v) is 5.57. The Morgan fingerprint density at radius 3 is 3.10 bits per heavy atom. The molecule has 1 fully saturated rings. The fourth-order valence-electron chi connectivity index (χ4n) is 2.30. The fraction of sp³-hybridized carbons (Fsp3) is 0.462. The summed E-state index contributed by atoms with van der Waals surface area (Å²) in [6.45, 7) is 4.24. The minimum atomic E-state index is 0.108. The molecule has 0 saturated carbocycles. The van der Waals surface area contributed by atoms with Gasteiger partial charge in [0.25, 0.3) is 0 Å². The first kappa shape index (κ1) is 13.7. The highest BCUT2D eigenvalue weighted by Crippen LogP contribution is 2.27. The van der Waals surface area contributed by atoms with Crippen LogP contribution >= 0.6 is 15.9 Å². The van der Waals surface area contributed by atoms with Crippen molar-refractivity contribution < 1.29 is 9.26 Å². The summed E-state index contributed by atoms with van der Waals surface area (Å²) < 4.78 is 11.8. The van der Waals surface area contributed by atoms with E-state index >= 15 is 0 Å². The Morgan fingerprint density at radius 1 is 1.40 bits per heavy atom. The van der Waals surface area contributed by atoms with Gasteiger partial charge in [0.05, 0.1) is 19.1 Å². The third-order valence-corrected chi connectivity index (χ3v) is 3.70. The van der Waals surface area contributed by atoms with E-state index in [0.717, 1.165) is 16.6 Å². The molecule has 0 bridgehead atoms. The first-order valence-electron chi connectivity index (χ1n) is 6.53. The molecular weight excluding hydrogens is 324 g/mol. The predicted octanol–water partition coefficient (Wildman–Crippen LogP) is 1.99. The molecule has 0 radical (unpaired) electrons. The van der Waals surface area contributed by atoms with Crippen LogP contribution in [0.25, 0.3) is 11.4 Å². The van der Waals surface area contributed by atoms with Crippen molar-refractivity contribution in [2.24, 2.45) is 0 Å². The molecule has 2 aromatic rings. The van der Waals surface area contributed by atoms with Gasteiger partial charge in [0.2, 0.25) is 11.7 Å². The predicted molar refractivity (Wildman–Crippen MR) is 76.3 cm³/mol. The lowest BCUT2D eigenvalue weighted by Crippen LogP contribution is -2.34. The van der Waals surface area contributed by atoms with Crippen molar-refractivity contribution in [3.05, 3.63) is 28.8 Å². The number of aromatic nitrogens is 3. The number of pyridine rings is 1. The van der Waals surface area contributed by atoms with Crippen LogP contribution in [0.1, 0.15) is 18.7 Å². The van der Waals surface area contributed by atoms with E-state index < -0.39 is 0 Å². The molecule has 1 saturated heterocycles. The number of halogens is 1. The molecule has 0 aliphatic carbocycles. The summed E-state index contributed by atoms with van der Waals surface area (Å²) in [6, 6.07) is 2.14. The van der Waals surface area contributed by atoms with Crippen LogP contribution in [0.4, 0.5) is 0 Å². The van der Waals surface area contributed by atoms with Crippen LogP contribution < -0.4 is 5.32 Å². The van der Waals surface area contributed by atoms with Gasteiger partial charge < -0.3 is 14.6 Å². The summed E-state index contributed by atoms with van der Waals surface area (Å²) in [6.07, 6.45) is 3.43. The molecule has 2 unspecified atom stereocenters. The van der Waals surface area contributed by atoms with Gasteiger partial charge in [0.1, 0.15) is 0 Å². The third-order valence-electron chi connectivity index (χ3n) is 3.27. The van der Waals surface area contributed by atoms with Crippen LogP contribution in [0.2, 0.25) is 0 Å². The molecule has 6 nitrogen and oxygen atoms in total. The zero-order valence-corrected chi connectivity index (χ0v) is 12.6. The highest BCUT2D eigenvalue weighted by molar-refractivity contribution is 9.10. The zero-order valence-electron chi connectivity index (χ0n) is 11.0. The van der Waals surface area contributed by atoms with E-state index in [-0.39, 0.29) is 12.0 Å². The Kier molecular flexibility index (Phi) is 4.09. The van der Waals surface area contributed by atoms with Crippen molar-refractivity contribution in [2.75, 3.05) is 19.8 Å². The maximum Gasteiger partial charge on any atom is 0.234 e. The van der Waals surface area contributed by atoms with Gasteiger partial charge in [-0.2, -0.15) is 4.98 Å². The maximum atomic E-state index is 5.50. The Balaban J connectivity index is 1.83. The van der Waals surface area contributed by atoms with E-state index in [4.69, 9.17) is 9.26 Å². The zero-order chi connectivity index (χ0) is 13.9. The third kappa shape index (κ3) is 2.74. The lowest BCUT2D eigenvalue weighted by molar-refractivity contribution is 0.185. The van der Waals surface area contributed by atoms with Crippen molar-refractivity contribution in [3.63, 3.8) is 0 Å². The summed E-state index contributed by atoms with van der Waals surface area (Å²) in [5.41, 5.74) is 0.827. The Bertz CT molecular complexity index is 589. The molecule has 2 atom stereocenters. The van der Waals surface area contributed by atoms with E-state index in [2.05, 4.69) is 43.3 Å². The number of ether oxygens (including phenoxy) is 1. The molecule has 2 aromatic heterocycles. The van der Waals surface area contributed by atoms with Crippen LogP contribution in [0.15, 0.2) is 27.5 Å². The number of likely N-dealkylation sites (N-methyl/N-ethyl adjacent to an activating group) is 1. The van der Waals surface area contributed by atoms with Crippen molar-refractivity contribution in [3.8, 4) is 11.4 Å². The standard InChI is InChI=1S/C13H15BrN4O2/c1-2-16-11-7-19-6-10(11)13-17-12(18-20-13)8-3-9(14)5-15-4-8/h3-5,10-11,16H,2,6-7H2,1H3. The number of hydrogen-bond acceptors (Lipinski definition) is 6. The Labute approximate surface area is 125 Å². The topological polar surface area (TPSA) is 73.1 Å². The van der Waals surface area contributed by atoms with Gasteiger partial charge in [-0.25, -0.2) is 0 Å². The molecule has 1 aliphatic heterocycles. The van der Waals surface area contributed by atoms with Gasteiger partial charge >= 0.3 is 0 Å². The number of hydrogen-bond donors (Lipinski definition) is 1. The Morgan fingerprint density at radius 2 is 2.30 bits per heavy atom. The number of rotatable bonds is 4. The number of nitrogens with zero attached hydrogens (tertiary/aromatic N) is 3. The largest absolute Gasteiger partial charge is 0.379 e. The van der Waals surface area contributed by atoms with Crippen LogP contribution in [-0.4, -0.2) is 40.9 Å². The monoisotopic (exact) mass is 338 g/mol. The summed E-state index contributed by atoms with van der Waals surface area (Å²) in [4.78, 5) is 8.58. The second kappa shape index (κ2) is 5.99. The molecule has 3 heterocycles. The van der Waals surface area contributed by atoms with Gasteiger partial charge in [-0.05, 0) is 28.5 Å². The molecule has 0 aromatic carbocycles. The van der Waals surface area contributed by atoms with Crippen molar-refractivity contribution in [2.45, 2.75) is 18.9 Å². The van der Waals surface area contributed by atoms with Crippen LogP contribution in [0, 0.1) is 0 Å². The van der Waals surface area contributed by atoms with Gasteiger partial charge in [0, 0.05) is 28.5 Å². The number of nitrogens with one attached hydrogen (secondary N) is 1. The average Bonchev–Trinajstić information content (AvgIpc) is 3.07. The van der Waals surface area contributed by atoms with E-state index in [1.165, 1.54) is 0 Å². The van der Waals surface area contributed by atoms with E-state index in [1.807, 2.05) is 6.07 Å². The smallest absolute Gasteiger partial charge is 0.234 e. The van der Waals surface area contributed by atoms with E-state index in [0.29, 0.717) is 24.9 Å². The molecule has 3 rings (SSSR count). The first-order valence-corrected chi connectivity index (χ1v) is 7.33. The van der Waals surface area contributed by atoms with Crippen molar-refractivity contribution in [1.29, 1.82) is 0 Å². The molecule has 20 heavy (non-hydrogen) atoms. The molecular formula is C13H15BrN4O2. The van der Waals surface area contributed by atoms with Crippen LogP contribution in [0.3, 0.4) is 0 Å². The van der Waals surface area contributed by atoms with Gasteiger partial charge in [0.15, 0.2) is 0 Å². The quantitative estimate of drug-likeness (QED) is 0.918.